The number of aromatic nitrogens is 3. The fourth-order valence-electron chi connectivity index (χ4n) is 1.87. The summed E-state index contributed by atoms with van der Waals surface area (Å²) in [6.07, 6.45) is 1.52. The fourth-order valence-corrected chi connectivity index (χ4v) is 1.87. The molecule has 2 rings (SSSR count). The first-order valence-electron chi connectivity index (χ1n) is 6.10. The summed E-state index contributed by atoms with van der Waals surface area (Å²) >= 11 is 0. The summed E-state index contributed by atoms with van der Waals surface area (Å²) in [5.41, 5.74) is 0.232. The van der Waals surface area contributed by atoms with E-state index in [0.717, 1.165) is 0 Å². The summed E-state index contributed by atoms with van der Waals surface area (Å²) in [5, 5.41) is 23.9. The van der Waals surface area contributed by atoms with Crippen LogP contribution >= 0.6 is 0 Å². The smallest absolute Gasteiger partial charge is 0.293 e. The molecule has 1 aromatic carbocycles. The number of nitrogens with zero attached hydrogens (tertiary/aromatic N) is 4. The second-order valence-corrected chi connectivity index (χ2v) is 4.25. The Morgan fingerprint density at radius 1 is 1.48 bits per heavy atom. The molecule has 0 bridgehead atoms. The van der Waals surface area contributed by atoms with Crippen molar-refractivity contribution in [2.45, 2.75) is 6.54 Å². The lowest BCUT2D eigenvalue weighted by Crippen LogP contribution is -2.25. The lowest BCUT2D eigenvalue weighted by Gasteiger charge is -2.09. The lowest BCUT2D eigenvalue weighted by atomic mass is 10.1. The highest BCUT2D eigenvalue weighted by molar-refractivity contribution is 6.01. The maximum Gasteiger partial charge on any atom is 0.293 e. The van der Waals surface area contributed by atoms with Crippen LogP contribution in [0.4, 0.5) is 11.4 Å². The van der Waals surface area contributed by atoms with E-state index in [0.29, 0.717) is 5.82 Å². The number of anilines is 1. The van der Waals surface area contributed by atoms with Crippen molar-refractivity contribution in [1.82, 2.24) is 20.1 Å². The lowest BCUT2D eigenvalue weighted by molar-refractivity contribution is -0.384. The highest BCUT2D eigenvalue weighted by Crippen LogP contribution is 2.27. The topological polar surface area (TPSA) is 115 Å². The predicted molar refractivity (Wildman–Crippen MR) is 74.8 cm³/mol. The van der Waals surface area contributed by atoms with E-state index in [1.54, 1.807) is 11.6 Å². The number of para-hydroxylation sites is 1. The summed E-state index contributed by atoms with van der Waals surface area (Å²) in [7, 11) is 3.29. The Bertz CT molecular complexity index is 681. The third kappa shape index (κ3) is 2.96. The first-order chi connectivity index (χ1) is 10.0. The van der Waals surface area contributed by atoms with E-state index in [1.807, 2.05) is 0 Å². The molecule has 0 spiro atoms. The van der Waals surface area contributed by atoms with E-state index in [2.05, 4.69) is 20.8 Å². The van der Waals surface area contributed by atoms with Gasteiger partial charge in [0.2, 0.25) is 0 Å². The Kier molecular flexibility index (Phi) is 4.12. The summed E-state index contributed by atoms with van der Waals surface area (Å²) in [6, 6.07) is 4.33. The molecule has 110 valence electrons. The SMILES string of the molecule is CNc1c(C(=O)NCc2nncn2C)cccc1[N+](=O)[O-]. The van der Waals surface area contributed by atoms with Crippen LogP contribution in [0.5, 0.6) is 0 Å². The Labute approximate surface area is 120 Å². The number of nitro groups is 1. The zero-order valence-electron chi connectivity index (χ0n) is 11.5. The number of amides is 1. The zero-order valence-corrected chi connectivity index (χ0v) is 11.5. The molecule has 9 heteroatoms. The summed E-state index contributed by atoms with van der Waals surface area (Å²) in [6.45, 7) is 0.182. The Morgan fingerprint density at radius 3 is 2.81 bits per heavy atom. The summed E-state index contributed by atoms with van der Waals surface area (Å²) < 4.78 is 1.67. The van der Waals surface area contributed by atoms with Crippen molar-refractivity contribution in [2.75, 3.05) is 12.4 Å². The van der Waals surface area contributed by atoms with E-state index < -0.39 is 10.8 Å². The third-order valence-electron chi connectivity index (χ3n) is 2.95. The number of nitrogens with one attached hydrogen (secondary N) is 2. The molecular formula is C12H14N6O3. The van der Waals surface area contributed by atoms with Crippen molar-refractivity contribution in [2.24, 2.45) is 7.05 Å². The second-order valence-electron chi connectivity index (χ2n) is 4.25. The molecule has 1 aromatic heterocycles. The van der Waals surface area contributed by atoms with Gasteiger partial charge in [0.05, 0.1) is 17.0 Å². The first kappa shape index (κ1) is 14.4. The van der Waals surface area contributed by atoms with E-state index in [4.69, 9.17) is 0 Å². The van der Waals surface area contributed by atoms with Crippen LogP contribution in [0.1, 0.15) is 16.2 Å². The molecule has 21 heavy (non-hydrogen) atoms. The summed E-state index contributed by atoms with van der Waals surface area (Å²) in [4.78, 5) is 22.6. The normalized spacial score (nSPS) is 10.2. The Morgan fingerprint density at radius 2 is 2.24 bits per heavy atom. The van der Waals surface area contributed by atoms with Crippen LogP contribution in [0.2, 0.25) is 0 Å². The van der Waals surface area contributed by atoms with Crippen molar-refractivity contribution < 1.29 is 9.72 Å². The van der Waals surface area contributed by atoms with Gasteiger partial charge in [0, 0.05) is 20.2 Å². The molecule has 1 heterocycles. The van der Waals surface area contributed by atoms with Crippen LogP contribution in [-0.4, -0.2) is 32.6 Å². The van der Waals surface area contributed by atoms with Crippen LogP contribution in [0.3, 0.4) is 0 Å². The van der Waals surface area contributed by atoms with Crippen molar-refractivity contribution >= 4 is 17.3 Å². The summed E-state index contributed by atoms with van der Waals surface area (Å²) in [5.74, 6) is 0.158. The van der Waals surface area contributed by atoms with Gasteiger partial charge in [-0.15, -0.1) is 10.2 Å². The highest BCUT2D eigenvalue weighted by atomic mass is 16.6. The largest absolute Gasteiger partial charge is 0.382 e. The predicted octanol–water partition coefficient (Wildman–Crippen LogP) is 0.695. The zero-order chi connectivity index (χ0) is 15.4. The number of rotatable bonds is 5. The number of carbonyl (C=O) groups excluding carboxylic acids is 1. The van der Waals surface area contributed by atoms with E-state index in [9.17, 15) is 14.9 Å². The molecule has 0 radical (unpaired) electrons. The van der Waals surface area contributed by atoms with Gasteiger partial charge in [-0.3, -0.25) is 14.9 Å². The molecular weight excluding hydrogens is 276 g/mol. The second kappa shape index (κ2) is 5.99. The molecule has 1 amide bonds. The van der Waals surface area contributed by atoms with Gasteiger partial charge >= 0.3 is 0 Å². The molecule has 0 aliphatic carbocycles. The van der Waals surface area contributed by atoms with Gasteiger partial charge in [-0.1, -0.05) is 6.07 Å². The number of aryl methyl sites for hydroxylation is 1. The van der Waals surface area contributed by atoms with E-state index >= 15 is 0 Å². The van der Waals surface area contributed by atoms with Crippen LogP contribution < -0.4 is 10.6 Å². The van der Waals surface area contributed by atoms with E-state index in [1.165, 1.54) is 31.6 Å². The number of hydrogen-bond donors (Lipinski definition) is 2. The standard InChI is InChI=1S/C12H14N6O3/c1-13-11-8(4-3-5-9(11)18(20)21)12(19)14-6-10-16-15-7-17(10)2/h3-5,7,13H,6H2,1-2H3,(H,14,19). The average Bonchev–Trinajstić information content (AvgIpc) is 2.89. The first-order valence-corrected chi connectivity index (χ1v) is 6.10. The van der Waals surface area contributed by atoms with Crippen molar-refractivity contribution in [3.05, 3.63) is 46.0 Å². The molecule has 0 unspecified atom stereocenters. The number of carbonyl (C=O) groups is 1. The van der Waals surface area contributed by atoms with Crippen LogP contribution in [0, 0.1) is 10.1 Å². The number of nitro benzene ring substituents is 1. The number of hydrogen-bond acceptors (Lipinski definition) is 6. The molecule has 0 saturated carbocycles. The quantitative estimate of drug-likeness (QED) is 0.618. The van der Waals surface area contributed by atoms with Gasteiger partial charge in [-0.25, -0.2) is 0 Å². The van der Waals surface area contributed by atoms with Crippen LogP contribution in [-0.2, 0) is 13.6 Å². The molecule has 9 nitrogen and oxygen atoms in total. The minimum Gasteiger partial charge on any atom is -0.382 e. The highest BCUT2D eigenvalue weighted by Gasteiger charge is 2.20. The number of benzene rings is 1. The average molecular weight is 290 g/mol. The Hall–Kier alpha value is -2.97. The van der Waals surface area contributed by atoms with Crippen molar-refractivity contribution in [3.8, 4) is 0 Å². The molecule has 0 saturated heterocycles. The van der Waals surface area contributed by atoms with Crippen LogP contribution in [0.15, 0.2) is 24.5 Å². The minimum absolute atomic E-state index is 0.149. The molecule has 0 fully saturated rings. The van der Waals surface area contributed by atoms with E-state index in [-0.39, 0.29) is 23.5 Å². The maximum atomic E-state index is 12.2. The molecule has 0 aliphatic heterocycles. The van der Waals surface area contributed by atoms with Crippen LogP contribution in [0.25, 0.3) is 0 Å². The molecule has 2 aromatic rings. The molecule has 0 aliphatic rings. The van der Waals surface area contributed by atoms with Gasteiger partial charge in [0.25, 0.3) is 11.6 Å². The fraction of sp³-hybridized carbons (Fsp3) is 0.250. The van der Waals surface area contributed by atoms with Crippen molar-refractivity contribution in [1.29, 1.82) is 0 Å². The minimum atomic E-state index is -0.536. The van der Waals surface area contributed by atoms with Crippen molar-refractivity contribution in [3.63, 3.8) is 0 Å². The molecule has 2 N–H and O–H groups in total. The maximum absolute atomic E-state index is 12.2. The van der Waals surface area contributed by atoms with Gasteiger partial charge in [-0.05, 0) is 6.07 Å². The monoisotopic (exact) mass is 290 g/mol. The molecule has 0 atom stereocenters. The van der Waals surface area contributed by atoms with Gasteiger partial charge < -0.3 is 15.2 Å². The Balaban J connectivity index is 2.21. The van der Waals surface area contributed by atoms with Gasteiger partial charge in [-0.2, -0.15) is 0 Å². The van der Waals surface area contributed by atoms with Gasteiger partial charge in [0.1, 0.15) is 12.0 Å². The third-order valence-corrected chi connectivity index (χ3v) is 2.95. The van der Waals surface area contributed by atoms with Gasteiger partial charge in [0.15, 0.2) is 5.82 Å².